The standard InChI is InChI=1S/C15H21NO/c1-9-5-6-13(7-10(9)2)12(4)16-15(17)14-8-11(14)3/h5-7,11-12,14H,8H2,1-4H3,(H,16,17)/t11-,12+,14+/m0/s1. The van der Waals surface area contributed by atoms with Gasteiger partial charge in [-0.2, -0.15) is 0 Å². The van der Waals surface area contributed by atoms with E-state index in [4.69, 9.17) is 0 Å². The van der Waals surface area contributed by atoms with Crippen LogP contribution in [0.25, 0.3) is 0 Å². The van der Waals surface area contributed by atoms with E-state index >= 15 is 0 Å². The maximum atomic E-state index is 11.8. The summed E-state index contributed by atoms with van der Waals surface area (Å²) in [6, 6.07) is 6.49. The molecule has 2 heteroatoms. The van der Waals surface area contributed by atoms with Gasteiger partial charge in [-0.15, -0.1) is 0 Å². The Bertz CT molecular complexity index is 439. The van der Waals surface area contributed by atoms with Crippen LogP contribution in [0, 0.1) is 25.7 Å². The number of nitrogens with one attached hydrogen (secondary N) is 1. The van der Waals surface area contributed by atoms with Gasteiger partial charge >= 0.3 is 0 Å². The Hall–Kier alpha value is -1.31. The van der Waals surface area contributed by atoms with E-state index < -0.39 is 0 Å². The lowest BCUT2D eigenvalue weighted by Crippen LogP contribution is -2.28. The first kappa shape index (κ1) is 12.2. The molecule has 1 N–H and O–H groups in total. The number of carbonyl (C=O) groups excluding carboxylic acids is 1. The number of amides is 1. The second-order valence-electron chi connectivity index (χ2n) is 5.39. The summed E-state index contributed by atoms with van der Waals surface area (Å²) in [7, 11) is 0. The summed E-state index contributed by atoms with van der Waals surface area (Å²) in [5.41, 5.74) is 3.77. The van der Waals surface area contributed by atoms with Crippen LogP contribution in [0.3, 0.4) is 0 Å². The van der Waals surface area contributed by atoms with Gasteiger partial charge in [0.1, 0.15) is 0 Å². The Morgan fingerprint density at radius 3 is 2.53 bits per heavy atom. The molecular weight excluding hydrogens is 210 g/mol. The van der Waals surface area contributed by atoms with Gasteiger partial charge in [0, 0.05) is 5.92 Å². The van der Waals surface area contributed by atoms with Gasteiger partial charge in [0.25, 0.3) is 0 Å². The van der Waals surface area contributed by atoms with Crippen molar-refractivity contribution in [3.63, 3.8) is 0 Å². The highest BCUT2D eigenvalue weighted by molar-refractivity contribution is 5.81. The van der Waals surface area contributed by atoms with E-state index in [2.05, 4.69) is 51.2 Å². The maximum absolute atomic E-state index is 11.8. The van der Waals surface area contributed by atoms with Crippen LogP contribution in [0.1, 0.15) is 43.0 Å². The maximum Gasteiger partial charge on any atom is 0.223 e. The highest BCUT2D eigenvalue weighted by Crippen LogP contribution is 2.38. The van der Waals surface area contributed by atoms with Gasteiger partial charge in [-0.25, -0.2) is 0 Å². The van der Waals surface area contributed by atoms with Gasteiger partial charge in [-0.3, -0.25) is 4.79 Å². The van der Waals surface area contributed by atoms with Crippen molar-refractivity contribution < 1.29 is 4.79 Å². The Balaban J connectivity index is 2.01. The van der Waals surface area contributed by atoms with Crippen molar-refractivity contribution >= 4 is 5.91 Å². The monoisotopic (exact) mass is 231 g/mol. The van der Waals surface area contributed by atoms with Gasteiger partial charge in [0.15, 0.2) is 0 Å². The molecule has 17 heavy (non-hydrogen) atoms. The van der Waals surface area contributed by atoms with Crippen molar-refractivity contribution in [1.82, 2.24) is 5.32 Å². The normalized spacial score (nSPS) is 24.2. The van der Waals surface area contributed by atoms with E-state index in [1.54, 1.807) is 0 Å². The lowest BCUT2D eigenvalue weighted by atomic mass is 10.0. The van der Waals surface area contributed by atoms with E-state index in [9.17, 15) is 4.79 Å². The van der Waals surface area contributed by atoms with Crippen molar-refractivity contribution in [3.8, 4) is 0 Å². The van der Waals surface area contributed by atoms with Crippen LogP contribution >= 0.6 is 0 Å². The average Bonchev–Trinajstić information content (AvgIpc) is 2.99. The molecule has 0 aliphatic heterocycles. The largest absolute Gasteiger partial charge is 0.349 e. The molecule has 1 aliphatic rings. The molecule has 1 aliphatic carbocycles. The Labute approximate surface area is 103 Å². The topological polar surface area (TPSA) is 29.1 Å². The van der Waals surface area contributed by atoms with E-state index in [-0.39, 0.29) is 17.9 Å². The average molecular weight is 231 g/mol. The van der Waals surface area contributed by atoms with Crippen LogP contribution in [0.5, 0.6) is 0 Å². The molecule has 3 atom stereocenters. The van der Waals surface area contributed by atoms with Crippen LogP contribution in [0.15, 0.2) is 18.2 Å². The Kier molecular flexibility index (Phi) is 3.23. The molecule has 0 spiro atoms. The number of aryl methyl sites for hydroxylation is 2. The zero-order valence-electron chi connectivity index (χ0n) is 11.1. The molecule has 1 aromatic rings. The Morgan fingerprint density at radius 2 is 2.00 bits per heavy atom. The fraction of sp³-hybridized carbons (Fsp3) is 0.533. The van der Waals surface area contributed by atoms with Crippen LogP contribution in [-0.4, -0.2) is 5.91 Å². The van der Waals surface area contributed by atoms with E-state index in [0.717, 1.165) is 6.42 Å². The van der Waals surface area contributed by atoms with Crippen LogP contribution in [-0.2, 0) is 4.79 Å². The molecule has 1 aromatic carbocycles. The molecule has 0 bridgehead atoms. The predicted octanol–water partition coefficient (Wildman–Crippen LogP) is 3.14. The van der Waals surface area contributed by atoms with Crippen LogP contribution in [0.4, 0.5) is 0 Å². The van der Waals surface area contributed by atoms with Crippen molar-refractivity contribution in [2.24, 2.45) is 11.8 Å². The molecule has 0 heterocycles. The minimum atomic E-state index is 0.106. The minimum Gasteiger partial charge on any atom is -0.349 e. The minimum absolute atomic E-state index is 0.106. The molecular formula is C15H21NO. The van der Waals surface area contributed by atoms with E-state index in [0.29, 0.717) is 5.92 Å². The highest BCUT2D eigenvalue weighted by Gasteiger charge is 2.39. The number of carbonyl (C=O) groups is 1. The zero-order valence-corrected chi connectivity index (χ0v) is 11.1. The highest BCUT2D eigenvalue weighted by atomic mass is 16.2. The molecule has 0 radical (unpaired) electrons. The predicted molar refractivity (Wildman–Crippen MR) is 69.7 cm³/mol. The van der Waals surface area contributed by atoms with E-state index in [1.165, 1.54) is 16.7 Å². The number of hydrogen-bond acceptors (Lipinski definition) is 1. The van der Waals surface area contributed by atoms with Crippen molar-refractivity contribution in [1.29, 1.82) is 0 Å². The quantitative estimate of drug-likeness (QED) is 0.850. The summed E-state index contributed by atoms with van der Waals surface area (Å²) in [5, 5.41) is 3.10. The number of benzene rings is 1. The Morgan fingerprint density at radius 1 is 1.35 bits per heavy atom. The molecule has 0 unspecified atom stereocenters. The summed E-state index contributed by atoms with van der Waals surface area (Å²) in [6.45, 7) is 8.39. The van der Waals surface area contributed by atoms with E-state index in [1.807, 2.05) is 0 Å². The summed E-state index contributed by atoms with van der Waals surface area (Å²) in [4.78, 5) is 11.8. The van der Waals surface area contributed by atoms with Crippen molar-refractivity contribution in [3.05, 3.63) is 34.9 Å². The van der Waals surface area contributed by atoms with Crippen molar-refractivity contribution in [2.75, 3.05) is 0 Å². The van der Waals surface area contributed by atoms with Gasteiger partial charge < -0.3 is 5.32 Å². The van der Waals surface area contributed by atoms with Gasteiger partial charge in [0.05, 0.1) is 6.04 Å². The zero-order chi connectivity index (χ0) is 12.6. The summed E-state index contributed by atoms with van der Waals surface area (Å²) < 4.78 is 0. The smallest absolute Gasteiger partial charge is 0.223 e. The summed E-state index contributed by atoms with van der Waals surface area (Å²) in [5.74, 6) is 1.04. The SMILES string of the molecule is Cc1ccc([C@@H](C)NC(=O)[C@@H]2C[C@@H]2C)cc1C. The number of hydrogen-bond donors (Lipinski definition) is 1. The second-order valence-corrected chi connectivity index (χ2v) is 5.39. The fourth-order valence-electron chi connectivity index (χ4n) is 2.13. The molecule has 92 valence electrons. The molecule has 0 aromatic heterocycles. The van der Waals surface area contributed by atoms with Crippen molar-refractivity contribution in [2.45, 2.75) is 40.2 Å². The third-order valence-corrected chi connectivity index (χ3v) is 3.84. The van der Waals surface area contributed by atoms with Crippen LogP contribution < -0.4 is 5.32 Å². The summed E-state index contributed by atoms with van der Waals surface area (Å²) >= 11 is 0. The molecule has 2 rings (SSSR count). The lowest BCUT2D eigenvalue weighted by molar-refractivity contribution is -0.123. The first-order chi connectivity index (χ1) is 7.99. The molecule has 0 saturated heterocycles. The molecule has 2 nitrogen and oxygen atoms in total. The molecule has 1 saturated carbocycles. The number of rotatable bonds is 3. The van der Waals surface area contributed by atoms with Gasteiger partial charge in [-0.1, -0.05) is 25.1 Å². The fourth-order valence-corrected chi connectivity index (χ4v) is 2.13. The third-order valence-electron chi connectivity index (χ3n) is 3.84. The molecule has 1 amide bonds. The first-order valence-corrected chi connectivity index (χ1v) is 6.36. The van der Waals surface area contributed by atoms with Gasteiger partial charge in [-0.05, 0) is 49.8 Å². The second kappa shape index (κ2) is 4.52. The lowest BCUT2D eigenvalue weighted by Gasteiger charge is -2.15. The third kappa shape index (κ3) is 2.68. The van der Waals surface area contributed by atoms with Crippen LogP contribution in [0.2, 0.25) is 0 Å². The summed E-state index contributed by atoms with van der Waals surface area (Å²) in [6.07, 6.45) is 1.05. The van der Waals surface area contributed by atoms with Gasteiger partial charge in [0.2, 0.25) is 5.91 Å². The molecule has 1 fully saturated rings. The first-order valence-electron chi connectivity index (χ1n) is 6.36.